The molecule has 0 atom stereocenters. The normalized spacial score (nSPS) is 16.3. The highest BCUT2D eigenvalue weighted by molar-refractivity contribution is 8.03. The minimum Gasteiger partial charge on any atom is -0.477 e. The molecule has 352 valence electrons. The Kier molecular flexibility index (Phi) is 14.4. The zero-order valence-corrected chi connectivity index (χ0v) is 39.0. The molecule has 0 saturated carbocycles. The van der Waals surface area contributed by atoms with Crippen LogP contribution in [0.2, 0.25) is 0 Å². The Hall–Kier alpha value is -7.04. The van der Waals surface area contributed by atoms with Crippen molar-refractivity contribution in [3.63, 3.8) is 0 Å². The number of imide groups is 1. The van der Waals surface area contributed by atoms with Crippen LogP contribution in [-0.2, 0) is 65.1 Å². The number of carboxylic acids is 1. The van der Waals surface area contributed by atoms with Gasteiger partial charge in [0.15, 0.2) is 5.69 Å². The number of anilines is 1. The van der Waals surface area contributed by atoms with Gasteiger partial charge in [0.25, 0.3) is 37.0 Å². The first-order valence-electron chi connectivity index (χ1n) is 20.5. The zero-order valence-electron chi connectivity index (χ0n) is 35.7. The number of hydroxylamine groups is 2. The Morgan fingerprint density at radius 2 is 1.63 bits per heavy atom. The molecule has 0 radical (unpaired) electrons. The molecule has 3 N–H and O–H groups in total. The maximum absolute atomic E-state index is 14.3. The molecular formula is C44H39N6O14S4+. The Morgan fingerprint density at radius 3 is 2.31 bits per heavy atom. The van der Waals surface area contributed by atoms with Crippen molar-refractivity contribution < 1.29 is 69.5 Å². The number of rotatable bonds is 18. The second kappa shape index (κ2) is 20.1. The number of Topliss-reactive ketones (excluding diaryl/α,β-unsaturated/α-hetero) is 2. The van der Waals surface area contributed by atoms with Crippen LogP contribution in [0.5, 0.6) is 0 Å². The number of nitrogens with zero attached hydrogens (tertiary/aromatic N) is 5. The predicted molar refractivity (Wildman–Crippen MR) is 243 cm³/mol. The van der Waals surface area contributed by atoms with Crippen LogP contribution in [0, 0.1) is 6.57 Å². The van der Waals surface area contributed by atoms with Gasteiger partial charge in [0.2, 0.25) is 29.5 Å². The number of hydrogen-bond acceptors (Lipinski definition) is 16. The largest absolute Gasteiger partial charge is 0.477 e. The summed E-state index contributed by atoms with van der Waals surface area (Å²) in [4.78, 5) is 102. The number of aliphatic carboxylic acids is 1. The molecule has 0 unspecified atom stereocenters. The molecule has 1 aromatic heterocycles. The molecular weight excluding hydrogens is 965 g/mol. The second-order valence-corrected chi connectivity index (χ2v) is 20.6. The lowest BCUT2D eigenvalue weighted by molar-refractivity contribution is -0.657. The number of benzene rings is 3. The van der Waals surface area contributed by atoms with Gasteiger partial charge in [0, 0.05) is 62.9 Å². The number of carbonyl (C=O) groups is 7. The highest BCUT2D eigenvalue weighted by Gasteiger charge is 2.40. The Balaban J connectivity index is 1.25. The van der Waals surface area contributed by atoms with Crippen LogP contribution >= 0.6 is 23.1 Å². The molecule has 3 amide bonds. The number of aromatic nitrogens is 1. The topological polar surface area (TPSA) is 267 Å². The number of thioether (sulfide) groups is 1. The number of carboxylic acid groups (broad SMARTS) is 1. The molecule has 0 bridgehead atoms. The molecule has 2 aliphatic heterocycles. The van der Waals surface area contributed by atoms with Gasteiger partial charge in [0.1, 0.15) is 4.70 Å². The van der Waals surface area contributed by atoms with Gasteiger partial charge in [-0.1, -0.05) is 47.4 Å². The maximum Gasteiger partial charge on any atom is 0.370 e. The van der Waals surface area contributed by atoms with Crippen LogP contribution in [0.25, 0.3) is 21.1 Å². The van der Waals surface area contributed by atoms with Crippen LogP contribution in [0.3, 0.4) is 0 Å². The molecule has 3 aromatic carbocycles. The van der Waals surface area contributed by atoms with Gasteiger partial charge in [-0.15, -0.1) is 5.06 Å². The molecule has 4 aromatic rings. The number of thiazole rings is 1. The van der Waals surface area contributed by atoms with Crippen molar-refractivity contribution in [2.75, 3.05) is 25.0 Å². The van der Waals surface area contributed by atoms with Gasteiger partial charge >= 0.3 is 11.9 Å². The number of fused-ring (bicyclic) bond motifs is 2. The van der Waals surface area contributed by atoms with E-state index in [1.165, 1.54) is 58.8 Å². The summed E-state index contributed by atoms with van der Waals surface area (Å²) in [6.45, 7) is 7.15. The SMILES string of the molecule is [C-]#[N+]c1ccc2c(c1)SC(=CC1=C(N(C)CCCCC(=O)ON3C(=O)CCC3=O)C(=Cc3sc4cc(S(=O)(=O)O)ccc4[n+]3CC(=O)O)C(=O)C1=O)N2CCCC(=O)NS(=O)(=O)c1ccccc1. The van der Waals surface area contributed by atoms with E-state index < -0.39 is 72.8 Å². The van der Waals surface area contributed by atoms with E-state index in [0.717, 1.165) is 23.5 Å². The van der Waals surface area contributed by atoms with Crippen LogP contribution in [-0.4, -0.2) is 97.8 Å². The first-order chi connectivity index (χ1) is 32.2. The summed E-state index contributed by atoms with van der Waals surface area (Å²) in [5, 5.41) is 10.8. The average molecular weight is 1000 g/mol. The average Bonchev–Trinajstić information content (AvgIpc) is 3.98. The van der Waals surface area contributed by atoms with Gasteiger partial charge < -0.3 is 19.7 Å². The fourth-order valence-corrected chi connectivity index (χ4v) is 11.4. The first-order valence-corrected chi connectivity index (χ1v) is 25.1. The Morgan fingerprint density at radius 1 is 0.912 bits per heavy atom. The molecule has 20 nitrogen and oxygen atoms in total. The molecule has 24 heteroatoms. The van der Waals surface area contributed by atoms with E-state index in [9.17, 15) is 60.1 Å². The van der Waals surface area contributed by atoms with Crippen LogP contribution < -0.4 is 14.2 Å². The third-order valence-corrected chi connectivity index (χ3v) is 15.1. The third kappa shape index (κ3) is 10.7. The minimum atomic E-state index is -4.66. The standard InChI is InChI=1S/C44H38N6O14S4/c1-45-26-13-15-31-33(21-26)65-38(48(31)20-8-11-35(51)46-67(59,60)27-9-4-3-5-10-27)23-29-42(47(2)19-7-6-12-41(56)64-50-36(52)17-18-37(50)53)30(44(58)43(29)57)24-39-49(25-40(54)55)32-16-14-28(68(61,62)63)22-34(32)66-39/h3-5,9-10,13-16,21-24H,6-8,11-12,17-20,25H2,2H3,(H2-,46,51,54,55,61,62,63)/p+1. The molecule has 1 saturated heterocycles. The quantitative estimate of drug-likeness (QED) is 0.0238. The van der Waals surface area contributed by atoms with Crippen LogP contribution in [0.4, 0.5) is 11.4 Å². The lowest BCUT2D eigenvalue weighted by Gasteiger charge is -2.23. The number of ketones is 2. The number of hydrogen-bond donors (Lipinski definition) is 3. The van der Waals surface area contributed by atoms with Crippen molar-refractivity contribution in [1.29, 1.82) is 0 Å². The monoisotopic (exact) mass is 1000 g/mol. The number of likely N-dealkylation sites (N-methyl/N-ethyl adjacent to an activating group) is 1. The fourth-order valence-electron chi connectivity index (χ4n) is 7.48. The summed E-state index contributed by atoms with van der Waals surface area (Å²) >= 11 is 2.07. The molecule has 3 aliphatic rings. The van der Waals surface area contributed by atoms with Gasteiger partial charge in [0.05, 0.1) is 43.9 Å². The van der Waals surface area contributed by atoms with Crippen molar-refractivity contribution >= 4 is 112 Å². The summed E-state index contributed by atoms with van der Waals surface area (Å²) in [5.74, 6) is -6.07. The summed E-state index contributed by atoms with van der Waals surface area (Å²) in [6, 6.07) is 15.8. The van der Waals surface area contributed by atoms with E-state index >= 15 is 0 Å². The van der Waals surface area contributed by atoms with Crippen molar-refractivity contribution in [1.82, 2.24) is 14.7 Å². The molecule has 1 fully saturated rings. The summed E-state index contributed by atoms with van der Waals surface area (Å²) in [7, 11) is -7.23. The van der Waals surface area contributed by atoms with E-state index in [1.807, 2.05) is 0 Å². The van der Waals surface area contributed by atoms with Crippen molar-refractivity contribution in [3.05, 3.63) is 111 Å². The highest BCUT2D eigenvalue weighted by Crippen LogP contribution is 2.49. The summed E-state index contributed by atoms with van der Waals surface area (Å²) < 4.78 is 63.0. The summed E-state index contributed by atoms with van der Waals surface area (Å²) in [5.41, 5.74) is 1.01. The lowest BCUT2D eigenvalue weighted by atomic mass is 10.1. The zero-order chi connectivity index (χ0) is 49.1. The third-order valence-electron chi connectivity index (χ3n) is 10.7. The predicted octanol–water partition coefficient (Wildman–Crippen LogP) is 4.31. The number of unbranched alkanes of at least 4 members (excludes halogenated alkanes) is 1. The van der Waals surface area contributed by atoms with E-state index in [1.54, 1.807) is 41.1 Å². The van der Waals surface area contributed by atoms with E-state index in [-0.39, 0.29) is 95.0 Å². The first kappa shape index (κ1) is 48.9. The van der Waals surface area contributed by atoms with E-state index in [0.29, 0.717) is 26.4 Å². The van der Waals surface area contributed by atoms with Gasteiger partial charge in [-0.3, -0.25) is 28.5 Å². The summed E-state index contributed by atoms with van der Waals surface area (Å²) in [6.07, 6.45) is 2.75. The fraction of sp³-hybridized carbons (Fsp3) is 0.250. The Bertz CT molecular complexity index is 3180. The van der Waals surface area contributed by atoms with Crippen LogP contribution in [0.1, 0.15) is 50.0 Å². The molecule has 7 rings (SSSR count). The second-order valence-electron chi connectivity index (χ2n) is 15.4. The van der Waals surface area contributed by atoms with Crippen molar-refractivity contribution in [2.24, 2.45) is 0 Å². The van der Waals surface area contributed by atoms with E-state index in [2.05, 4.69) is 9.57 Å². The number of carbonyl (C=O) groups excluding carboxylic acids is 6. The number of nitrogens with one attached hydrogen (secondary N) is 1. The number of amides is 3. The number of allylic oxidation sites excluding steroid dienone is 3. The molecule has 0 spiro atoms. The smallest absolute Gasteiger partial charge is 0.370 e. The Labute approximate surface area is 396 Å². The highest BCUT2D eigenvalue weighted by atomic mass is 32.2. The van der Waals surface area contributed by atoms with Gasteiger partial charge in [-0.2, -0.15) is 13.0 Å². The lowest BCUT2D eigenvalue weighted by Crippen LogP contribution is -2.39. The van der Waals surface area contributed by atoms with Gasteiger partial charge in [-0.05, 0) is 61.7 Å². The van der Waals surface area contributed by atoms with Crippen LogP contribution in [0.15, 0.2) is 109 Å². The van der Waals surface area contributed by atoms with Crippen molar-refractivity contribution in [3.8, 4) is 0 Å². The molecule has 3 heterocycles. The maximum atomic E-state index is 14.3. The molecule has 1 aliphatic carbocycles. The van der Waals surface area contributed by atoms with Crippen molar-refractivity contribution in [2.45, 2.75) is 66.2 Å². The van der Waals surface area contributed by atoms with E-state index in [4.69, 9.17) is 11.4 Å². The van der Waals surface area contributed by atoms with Gasteiger partial charge in [-0.25, -0.2) is 27.6 Å². The molecule has 68 heavy (non-hydrogen) atoms. The number of sulfonamides is 1. The minimum absolute atomic E-state index is 0.0790.